The number of ether oxygens (including phenoxy) is 2. The van der Waals surface area contributed by atoms with Gasteiger partial charge in [0.2, 0.25) is 15.9 Å². The highest BCUT2D eigenvalue weighted by Crippen LogP contribution is 2.25. The Morgan fingerprint density at radius 2 is 1.79 bits per heavy atom. The third-order valence-corrected chi connectivity index (χ3v) is 5.74. The van der Waals surface area contributed by atoms with Gasteiger partial charge in [-0.25, -0.2) is 13.1 Å². The number of carbonyl (C=O) groups is 1. The van der Waals surface area contributed by atoms with E-state index in [-0.39, 0.29) is 24.1 Å². The highest BCUT2D eigenvalue weighted by molar-refractivity contribution is 7.88. The summed E-state index contributed by atoms with van der Waals surface area (Å²) in [6.07, 6.45) is 6.98. The zero-order valence-corrected chi connectivity index (χ0v) is 15.7. The average Bonchev–Trinajstić information content (AvgIpc) is 2.52. The van der Waals surface area contributed by atoms with Gasteiger partial charge >= 0.3 is 0 Å². The molecule has 1 aliphatic carbocycles. The maximum absolute atomic E-state index is 11.9. The molecule has 1 N–H and O–H groups in total. The Morgan fingerprint density at radius 3 is 2.33 bits per heavy atom. The van der Waals surface area contributed by atoms with Crippen LogP contribution < -0.4 is 4.72 Å². The lowest BCUT2D eigenvalue weighted by Gasteiger charge is -2.41. The molecule has 2 atom stereocenters. The Hall–Kier alpha value is -0.700. The molecular weight excluding hydrogens is 332 g/mol. The van der Waals surface area contributed by atoms with Gasteiger partial charge in [-0.05, 0) is 38.5 Å². The van der Waals surface area contributed by atoms with E-state index in [1.54, 1.807) is 12.0 Å². The predicted octanol–water partition coefficient (Wildman–Crippen LogP) is 0.889. The first-order valence-corrected chi connectivity index (χ1v) is 10.6. The van der Waals surface area contributed by atoms with Crippen LogP contribution in [0.3, 0.4) is 0 Å². The third-order valence-electron chi connectivity index (χ3n) is 5.01. The lowest BCUT2D eigenvalue weighted by Crippen LogP contribution is -2.58. The fourth-order valence-electron chi connectivity index (χ4n) is 3.74. The summed E-state index contributed by atoms with van der Waals surface area (Å²) in [7, 11) is -1.58. The second kappa shape index (κ2) is 8.60. The lowest BCUT2D eigenvalue weighted by atomic mass is 9.94. The molecule has 2 fully saturated rings. The Balaban J connectivity index is 1.96. The van der Waals surface area contributed by atoms with Crippen molar-refractivity contribution < 1.29 is 22.7 Å². The van der Waals surface area contributed by atoms with Crippen LogP contribution in [0, 0.1) is 0 Å². The molecule has 0 aromatic carbocycles. The second-order valence-corrected chi connectivity index (χ2v) is 8.67. The van der Waals surface area contributed by atoms with Crippen LogP contribution in [0.1, 0.15) is 45.4 Å². The number of amides is 1. The number of piperidine rings is 1. The fraction of sp³-hybridized carbons (Fsp3) is 0.938. The van der Waals surface area contributed by atoms with Gasteiger partial charge < -0.3 is 14.4 Å². The Morgan fingerprint density at radius 1 is 1.17 bits per heavy atom. The van der Waals surface area contributed by atoms with Gasteiger partial charge in [-0.3, -0.25) is 4.79 Å². The smallest absolute Gasteiger partial charge is 0.219 e. The highest BCUT2D eigenvalue weighted by atomic mass is 32.2. The van der Waals surface area contributed by atoms with Crippen LogP contribution in [0.25, 0.3) is 0 Å². The van der Waals surface area contributed by atoms with Crippen molar-refractivity contribution in [2.45, 2.75) is 69.7 Å². The molecule has 1 amide bonds. The number of hydrogen-bond donors (Lipinski definition) is 1. The summed E-state index contributed by atoms with van der Waals surface area (Å²) >= 11 is 0. The molecular formula is C16H30N2O5S. The van der Waals surface area contributed by atoms with Gasteiger partial charge in [-0.1, -0.05) is 0 Å². The van der Waals surface area contributed by atoms with Gasteiger partial charge in [0.25, 0.3) is 0 Å². The number of sulfonamides is 1. The van der Waals surface area contributed by atoms with E-state index in [1.165, 1.54) is 6.92 Å². The van der Waals surface area contributed by atoms with Crippen LogP contribution in [0.15, 0.2) is 0 Å². The van der Waals surface area contributed by atoms with Crippen LogP contribution in [0.2, 0.25) is 0 Å². The standard InChI is InChI=1S/C16H30N2O5S/c1-12(19)18-10-4-5-15(17-24(3,20)21)16(18)11-23-14-8-6-13(22-2)7-9-14/h13-17H,4-11H2,1-3H3/t13?,14?,15-,16-/m0/s1. The molecule has 0 spiro atoms. The van der Waals surface area contributed by atoms with E-state index in [9.17, 15) is 13.2 Å². The molecule has 24 heavy (non-hydrogen) atoms. The zero-order chi connectivity index (χ0) is 17.7. The predicted molar refractivity (Wildman–Crippen MR) is 91.2 cm³/mol. The van der Waals surface area contributed by atoms with Crippen molar-refractivity contribution >= 4 is 15.9 Å². The maximum atomic E-state index is 11.9. The molecule has 0 radical (unpaired) electrons. The van der Waals surface area contributed by atoms with E-state index >= 15 is 0 Å². The summed E-state index contributed by atoms with van der Waals surface area (Å²) in [5.74, 6) is -0.0355. The highest BCUT2D eigenvalue weighted by Gasteiger charge is 2.35. The Bertz CT molecular complexity index is 517. The molecule has 2 aliphatic rings. The van der Waals surface area contributed by atoms with Crippen molar-refractivity contribution in [3.63, 3.8) is 0 Å². The summed E-state index contributed by atoms with van der Waals surface area (Å²) in [5, 5.41) is 0. The fourth-order valence-corrected chi connectivity index (χ4v) is 4.56. The summed E-state index contributed by atoms with van der Waals surface area (Å²) in [5.41, 5.74) is 0. The zero-order valence-electron chi connectivity index (χ0n) is 14.9. The minimum atomic E-state index is -3.32. The number of likely N-dealkylation sites (tertiary alicyclic amines) is 1. The van der Waals surface area contributed by atoms with Crippen LogP contribution in [0.5, 0.6) is 0 Å². The van der Waals surface area contributed by atoms with Crippen LogP contribution in [0.4, 0.5) is 0 Å². The molecule has 7 nitrogen and oxygen atoms in total. The molecule has 0 unspecified atom stereocenters. The number of rotatable bonds is 6. The molecule has 1 heterocycles. The normalized spacial score (nSPS) is 31.9. The topological polar surface area (TPSA) is 84.9 Å². The quantitative estimate of drug-likeness (QED) is 0.758. The maximum Gasteiger partial charge on any atom is 0.219 e. The van der Waals surface area contributed by atoms with Gasteiger partial charge in [0, 0.05) is 26.6 Å². The monoisotopic (exact) mass is 362 g/mol. The molecule has 1 aliphatic heterocycles. The third kappa shape index (κ3) is 5.68. The first-order valence-electron chi connectivity index (χ1n) is 8.69. The van der Waals surface area contributed by atoms with E-state index in [2.05, 4.69) is 4.72 Å². The molecule has 0 aromatic rings. The first-order chi connectivity index (χ1) is 11.3. The van der Waals surface area contributed by atoms with E-state index < -0.39 is 10.0 Å². The van der Waals surface area contributed by atoms with Crippen molar-refractivity contribution in [2.75, 3.05) is 26.5 Å². The number of hydrogen-bond acceptors (Lipinski definition) is 5. The summed E-state index contributed by atoms with van der Waals surface area (Å²) < 4.78 is 37.4. The average molecular weight is 362 g/mol. The second-order valence-electron chi connectivity index (χ2n) is 6.89. The SMILES string of the molecule is COC1CCC(OC[C@H]2[C@@H](NS(C)(=O)=O)CCCN2C(C)=O)CC1. The first kappa shape index (κ1) is 19.6. The van der Waals surface area contributed by atoms with Gasteiger partial charge in [0.1, 0.15) is 0 Å². The summed E-state index contributed by atoms with van der Waals surface area (Å²) in [6, 6.07) is -0.529. The number of nitrogens with one attached hydrogen (secondary N) is 1. The lowest BCUT2D eigenvalue weighted by molar-refractivity contribution is -0.136. The molecule has 8 heteroatoms. The van der Waals surface area contributed by atoms with Crippen molar-refractivity contribution in [2.24, 2.45) is 0 Å². The summed E-state index contributed by atoms with van der Waals surface area (Å²) in [4.78, 5) is 13.7. The van der Waals surface area contributed by atoms with Gasteiger partial charge in [0.15, 0.2) is 0 Å². The van der Waals surface area contributed by atoms with Crippen LogP contribution >= 0.6 is 0 Å². The van der Waals surface area contributed by atoms with Crippen LogP contribution in [-0.4, -0.2) is 70.0 Å². The molecule has 1 saturated heterocycles. The van der Waals surface area contributed by atoms with Crippen molar-refractivity contribution in [1.82, 2.24) is 9.62 Å². The molecule has 140 valence electrons. The van der Waals surface area contributed by atoms with E-state index in [0.29, 0.717) is 19.3 Å². The largest absolute Gasteiger partial charge is 0.381 e. The van der Waals surface area contributed by atoms with E-state index in [4.69, 9.17) is 9.47 Å². The van der Waals surface area contributed by atoms with Crippen LogP contribution in [-0.2, 0) is 24.3 Å². The van der Waals surface area contributed by atoms with Gasteiger partial charge in [-0.15, -0.1) is 0 Å². The minimum Gasteiger partial charge on any atom is -0.381 e. The van der Waals surface area contributed by atoms with Gasteiger partial charge in [0.05, 0.1) is 31.1 Å². The van der Waals surface area contributed by atoms with Crippen molar-refractivity contribution in [3.05, 3.63) is 0 Å². The molecule has 0 bridgehead atoms. The Labute approximate surface area is 145 Å². The molecule has 0 aromatic heterocycles. The molecule has 2 rings (SSSR count). The minimum absolute atomic E-state index is 0.0355. The number of nitrogens with zero attached hydrogens (tertiary/aromatic N) is 1. The Kier molecular flexibility index (Phi) is 7.03. The van der Waals surface area contributed by atoms with Gasteiger partial charge in [-0.2, -0.15) is 0 Å². The van der Waals surface area contributed by atoms with Crippen molar-refractivity contribution in [3.8, 4) is 0 Å². The number of methoxy groups -OCH3 is 1. The molecule has 1 saturated carbocycles. The van der Waals surface area contributed by atoms with Crippen molar-refractivity contribution in [1.29, 1.82) is 0 Å². The van der Waals surface area contributed by atoms with E-state index in [0.717, 1.165) is 44.8 Å². The number of carbonyl (C=O) groups excluding carboxylic acids is 1. The summed E-state index contributed by atoms with van der Waals surface area (Å²) in [6.45, 7) is 2.55. The van der Waals surface area contributed by atoms with E-state index in [1.807, 2.05) is 0 Å².